The number of benzene rings is 1. The van der Waals surface area contributed by atoms with Crippen LogP contribution < -0.4 is 10.6 Å². The van der Waals surface area contributed by atoms with Crippen LogP contribution in [0, 0.1) is 12.8 Å². The fourth-order valence-electron chi connectivity index (χ4n) is 1.57. The third-order valence-electron chi connectivity index (χ3n) is 2.90. The second-order valence-electron chi connectivity index (χ2n) is 4.56. The highest BCUT2D eigenvalue weighted by Gasteiger charge is 2.10. The summed E-state index contributed by atoms with van der Waals surface area (Å²) in [6.45, 7) is 7.37. The predicted octanol–water partition coefficient (Wildman–Crippen LogP) is 2.41. The smallest absolute Gasteiger partial charge is 0.0366 e. The number of nitrogens with zero attached hydrogens (tertiary/aromatic N) is 1. The van der Waals surface area contributed by atoms with Gasteiger partial charge in [-0.25, -0.2) is 0 Å². The van der Waals surface area contributed by atoms with Crippen LogP contribution in [-0.4, -0.2) is 19.6 Å². The summed E-state index contributed by atoms with van der Waals surface area (Å²) in [5, 5.41) is 0. The summed E-state index contributed by atoms with van der Waals surface area (Å²) in [6.07, 6.45) is 0. The van der Waals surface area contributed by atoms with Crippen molar-refractivity contribution < 1.29 is 0 Å². The van der Waals surface area contributed by atoms with Gasteiger partial charge < -0.3 is 10.6 Å². The van der Waals surface area contributed by atoms with Crippen LogP contribution >= 0.6 is 0 Å². The van der Waals surface area contributed by atoms with Gasteiger partial charge in [0.25, 0.3) is 0 Å². The molecular formula is C13H22N2. The van der Waals surface area contributed by atoms with Crippen molar-refractivity contribution in [1.29, 1.82) is 0 Å². The normalized spacial score (nSPS) is 14.7. The Morgan fingerprint density at radius 2 is 2.00 bits per heavy atom. The molecule has 0 aromatic heterocycles. The first-order valence-electron chi connectivity index (χ1n) is 5.54. The lowest BCUT2D eigenvalue weighted by Gasteiger charge is -2.25. The number of hydrogen-bond donors (Lipinski definition) is 1. The molecule has 0 saturated heterocycles. The van der Waals surface area contributed by atoms with Gasteiger partial charge in [-0.15, -0.1) is 0 Å². The molecule has 0 heterocycles. The number of rotatable bonds is 4. The van der Waals surface area contributed by atoms with Crippen molar-refractivity contribution in [2.75, 3.05) is 18.5 Å². The standard InChI is InChI=1S/C13H22N2/c1-10-6-5-7-13(8-10)15(4)9-11(2)12(3)14/h5-8,11-12H,9,14H2,1-4H3. The van der Waals surface area contributed by atoms with Gasteiger partial charge >= 0.3 is 0 Å². The molecule has 1 rings (SSSR count). The second kappa shape index (κ2) is 5.17. The Kier molecular flexibility index (Phi) is 4.15. The molecule has 0 aliphatic carbocycles. The molecule has 84 valence electrons. The zero-order valence-electron chi connectivity index (χ0n) is 10.2. The van der Waals surface area contributed by atoms with Crippen molar-refractivity contribution in [1.82, 2.24) is 0 Å². The molecule has 2 N–H and O–H groups in total. The van der Waals surface area contributed by atoms with E-state index in [9.17, 15) is 0 Å². The highest BCUT2D eigenvalue weighted by molar-refractivity contribution is 5.47. The molecule has 15 heavy (non-hydrogen) atoms. The van der Waals surface area contributed by atoms with Gasteiger partial charge in [0.2, 0.25) is 0 Å². The average molecular weight is 206 g/mol. The first-order chi connectivity index (χ1) is 7.00. The molecule has 2 atom stereocenters. The summed E-state index contributed by atoms with van der Waals surface area (Å²) in [7, 11) is 2.12. The number of nitrogens with two attached hydrogens (primary N) is 1. The molecule has 0 amide bonds. The Bertz CT molecular complexity index is 307. The molecule has 2 nitrogen and oxygen atoms in total. The summed E-state index contributed by atoms with van der Waals surface area (Å²) in [4.78, 5) is 2.26. The maximum Gasteiger partial charge on any atom is 0.0366 e. The van der Waals surface area contributed by atoms with Gasteiger partial charge in [-0.3, -0.25) is 0 Å². The minimum Gasteiger partial charge on any atom is -0.374 e. The maximum atomic E-state index is 5.87. The Labute approximate surface area is 93.1 Å². The van der Waals surface area contributed by atoms with Crippen molar-refractivity contribution in [3.63, 3.8) is 0 Å². The summed E-state index contributed by atoms with van der Waals surface area (Å²) in [5.74, 6) is 0.510. The maximum absolute atomic E-state index is 5.87. The van der Waals surface area contributed by atoms with Crippen LogP contribution in [0.4, 0.5) is 5.69 Å². The summed E-state index contributed by atoms with van der Waals surface area (Å²) in [6, 6.07) is 8.80. The van der Waals surface area contributed by atoms with E-state index in [0.717, 1.165) is 6.54 Å². The van der Waals surface area contributed by atoms with Crippen LogP contribution in [0.3, 0.4) is 0 Å². The fraction of sp³-hybridized carbons (Fsp3) is 0.538. The highest BCUT2D eigenvalue weighted by atomic mass is 15.1. The van der Waals surface area contributed by atoms with Crippen LogP contribution in [0.2, 0.25) is 0 Å². The molecule has 0 spiro atoms. The van der Waals surface area contributed by atoms with Gasteiger partial charge in [0.05, 0.1) is 0 Å². The van der Waals surface area contributed by atoms with Crippen LogP contribution in [0.5, 0.6) is 0 Å². The zero-order chi connectivity index (χ0) is 11.4. The van der Waals surface area contributed by atoms with Crippen LogP contribution in [-0.2, 0) is 0 Å². The van der Waals surface area contributed by atoms with E-state index in [1.807, 2.05) is 0 Å². The van der Waals surface area contributed by atoms with Crippen molar-refractivity contribution in [3.05, 3.63) is 29.8 Å². The van der Waals surface area contributed by atoms with Crippen LogP contribution in [0.1, 0.15) is 19.4 Å². The molecule has 0 aliphatic heterocycles. The third-order valence-corrected chi connectivity index (χ3v) is 2.90. The first kappa shape index (κ1) is 12.1. The summed E-state index contributed by atoms with van der Waals surface area (Å²) >= 11 is 0. The van der Waals surface area contributed by atoms with Crippen molar-refractivity contribution in [3.8, 4) is 0 Å². The zero-order valence-corrected chi connectivity index (χ0v) is 10.2. The molecule has 0 aliphatic rings. The lowest BCUT2D eigenvalue weighted by atomic mass is 10.0. The number of anilines is 1. The Morgan fingerprint density at radius 1 is 1.33 bits per heavy atom. The lowest BCUT2D eigenvalue weighted by molar-refractivity contribution is 0.485. The monoisotopic (exact) mass is 206 g/mol. The highest BCUT2D eigenvalue weighted by Crippen LogP contribution is 2.16. The minimum atomic E-state index is 0.247. The molecule has 2 heteroatoms. The van der Waals surface area contributed by atoms with E-state index >= 15 is 0 Å². The Hall–Kier alpha value is -1.02. The molecular weight excluding hydrogens is 184 g/mol. The van der Waals surface area contributed by atoms with Gasteiger partial charge in [0, 0.05) is 25.3 Å². The number of hydrogen-bond acceptors (Lipinski definition) is 2. The van der Waals surface area contributed by atoms with E-state index < -0.39 is 0 Å². The van der Waals surface area contributed by atoms with E-state index in [1.165, 1.54) is 11.3 Å². The average Bonchev–Trinajstić information content (AvgIpc) is 2.17. The van der Waals surface area contributed by atoms with E-state index in [4.69, 9.17) is 5.73 Å². The SMILES string of the molecule is Cc1cccc(N(C)CC(C)C(C)N)c1. The number of aryl methyl sites for hydroxylation is 1. The lowest BCUT2D eigenvalue weighted by Crippen LogP contribution is -2.34. The van der Waals surface area contributed by atoms with Crippen LogP contribution in [0.25, 0.3) is 0 Å². The molecule has 0 bridgehead atoms. The van der Waals surface area contributed by atoms with E-state index in [0.29, 0.717) is 5.92 Å². The third kappa shape index (κ3) is 3.56. The molecule has 1 aromatic carbocycles. The first-order valence-corrected chi connectivity index (χ1v) is 5.54. The van der Waals surface area contributed by atoms with Gasteiger partial charge in [0.1, 0.15) is 0 Å². The summed E-state index contributed by atoms with van der Waals surface area (Å²) < 4.78 is 0. The van der Waals surface area contributed by atoms with E-state index in [2.05, 4.69) is 57.0 Å². The summed E-state index contributed by atoms with van der Waals surface area (Å²) in [5.41, 5.74) is 8.43. The van der Waals surface area contributed by atoms with Crippen molar-refractivity contribution >= 4 is 5.69 Å². The van der Waals surface area contributed by atoms with E-state index in [1.54, 1.807) is 0 Å². The van der Waals surface area contributed by atoms with E-state index in [-0.39, 0.29) is 6.04 Å². The molecule has 2 unspecified atom stereocenters. The molecule has 0 radical (unpaired) electrons. The fourth-order valence-corrected chi connectivity index (χ4v) is 1.57. The minimum absolute atomic E-state index is 0.247. The second-order valence-corrected chi connectivity index (χ2v) is 4.56. The Balaban J connectivity index is 2.64. The van der Waals surface area contributed by atoms with Gasteiger partial charge in [-0.05, 0) is 37.5 Å². The van der Waals surface area contributed by atoms with Crippen molar-refractivity contribution in [2.45, 2.75) is 26.8 Å². The Morgan fingerprint density at radius 3 is 2.53 bits per heavy atom. The van der Waals surface area contributed by atoms with Crippen molar-refractivity contribution in [2.24, 2.45) is 11.7 Å². The molecule has 0 saturated carbocycles. The topological polar surface area (TPSA) is 29.3 Å². The quantitative estimate of drug-likeness (QED) is 0.819. The molecule has 0 fully saturated rings. The van der Waals surface area contributed by atoms with Gasteiger partial charge in [-0.2, -0.15) is 0 Å². The molecule has 1 aromatic rings. The van der Waals surface area contributed by atoms with Gasteiger partial charge in [0.15, 0.2) is 0 Å². The van der Waals surface area contributed by atoms with Crippen LogP contribution in [0.15, 0.2) is 24.3 Å². The largest absolute Gasteiger partial charge is 0.374 e. The van der Waals surface area contributed by atoms with Gasteiger partial charge in [-0.1, -0.05) is 19.1 Å². The predicted molar refractivity (Wildman–Crippen MR) is 67.3 cm³/mol.